The van der Waals surface area contributed by atoms with Crippen molar-refractivity contribution in [3.8, 4) is 5.75 Å². The van der Waals surface area contributed by atoms with E-state index in [0.29, 0.717) is 10.8 Å². The van der Waals surface area contributed by atoms with Crippen LogP contribution < -0.4 is 10.1 Å². The normalized spacial score (nSPS) is 12.9. The summed E-state index contributed by atoms with van der Waals surface area (Å²) in [4.78, 5) is 12.8. The smallest absolute Gasteiger partial charge is 0.261 e. The average Bonchev–Trinajstić information content (AvgIpc) is 2.69. The molecule has 3 aromatic rings. The number of rotatable bonds is 6. The molecule has 0 bridgehead atoms. The van der Waals surface area contributed by atoms with E-state index in [4.69, 9.17) is 16.3 Å². The maximum Gasteiger partial charge on any atom is 0.261 e. The summed E-state index contributed by atoms with van der Waals surface area (Å²) in [5, 5.41) is 3.76. The highest BCUT2D eigenvalue weighted by Crippen LogP contribution is 2.25. The molecule has 0 aliphatic rings. The van der Waals surface area contributed by atoms with Crippen molar-refractivity contribution in [2.24, 2.45) is 0 Å². The molecule has 0 aliphatic carbocycles. The van der Waals surface area contributed by atoms with Crippen LogP contribution in [0.1, 0.15) is 29.7 Å². The number of amides is 1. The first kappa shape index (κ1) is 19.0. The number of carbonyl (C=O) groups is 1. The first-order chi connectivity index (χ1) is 13.0. The van der Waals surface area contributed by atoms with Crippen molar-refractivity contribution in [3.63, 3.8) is 0 Å². The number of hydrogen-bond acceptors (Lipinski definition) is 2. The van der Waals surface area contributed by atoms with Gasteiger partial charge in [0, 0.05) is 5.02 Å². The minimum atomic E-state index is -0.638. The Hall–Kier alpha value is -2.78. The second-order valence-electron chi connectivity index (χ2n) is 6.42. The third-order valence-corrected chi connectivity index (χ3v) is 4.67. The van der Waals surface area contributed by atoms with Gasteiger partial charge >= 0.3 is 0 Å². The van der Waals surface area contributed by atoms with Crippen molar-refractivity contribution in [1.82, 2.24) is 5.32 Å². The Kier molecular flexibility index (Phi) is 6.15. The molecule has 1 amide bonds. The molecule has 0 heterocycles. The minimum absolute atomic E-state index is 0.179. The molecule has 3 rings (SSSR count). The fourth-order valence-electron chi connectivity index (χ4n) is 2.93. The van der Waals surface area contributed by atoms with Crippen LogP contribution in [-0.4, -0.2) is 12.0 Å². The average molecular weight is 380 g/mol. The second-order valence-corrected chi connectivity index (χ2v) is 6.86. The summed E-state index contributed by atoms with van der Waals surface area (Å²) in [6.07, 6.45) is -0.638. The molecule has 0 saturated heterocycles. The molecule has 0 radical (unpaired) electrons. The number of aryl methyl sites for hydroxylation is 1. The molecule has 0 saturated carbocycles. The Morgan fingerprint density at radius 1 is 0.926 bits per heavy atom. The number of nitrogens with one attached hydrogen (secondary N) is 1. The first-order valence-corrected chi connectivity index (χ1v) is 9.25. The van der Waals surface area contributed by atoms with E-state index in [1.807, 2.05) is 61.5 Å². The molecule has 27 heavy (non-hydrogen) atoms. The lowest BCUT2D eigenvalue weighted by Crippen LogP contribution is -2.39. The maximum absolute atomic E-state index is 12.8. The molecular weight excluding hydrogens is 358 g/mol. The van der Waals surface area contributed by atoms with E-state index in [-0.39, 0.29) is 11.9 Å². The Bertz CT molecular complexity index is 894. The van der Waals surface area contributed by atoms with Crippen LogP contribution in [0.2, 0.25) is 5.02 Å². The summed E-state index contributed by atoms with van der Waals surface area (Å²) < 4.78 is 5.76. The van der Waals surface area contributed by atoms with Crippen molar-refractivity contribution in [3.05, 3.63) is 101 Å². The Labute approximate surface area is 164 Å². The predicted molar refractivity (Wildman–Crippen MR) is 109 cm³/mol. The molecule has 1 N–H and O–H groups in total. The largest absolute Gasteiger partial charge is 0.481 e. The van der Waals surface area contributed by atoms with E-state index in [9.17, 15) is 4.79 Å². The molecule has 0 fully saturated rings. The highest BCUT2D eigenvalue weighted by molar-refractivity contribution is 6.30. The van der Waals surface area contributed by atoms with E-state index in [0.717, 1.165) is 16.7 Å². The van der Waals surface area contributed by atoms with E-state index >= 15 is 0 Å². The van der Waals surface area contributed by atoms with Crippen LogP contribution in [-0.2, 0) is 4.79 Å². The topological polar surface area (TPSA) is 38.3 Å². The molecule has 0 aliphatic heterocycles. The minimum Gasteiger partial charge on any atom is -0.481 e. The third kappa shape index (κ3) is 4.89. The van der Waals surface area contributed by atoms with Gasteiger partial charge in [0.05, 0.1) is 6.04 Å². The zero-order chi connectivity index (χ0) is 19.2. The SMILES string of the molecule is Cc1ccccc1[C@@H](NC(=O)[C@@H](C)Oc1ccc(Cl)cc1)c1ccccc1. The third-order valence-electron chi connectivity index (χ3n) is 4.41. The molecule has 0 aromatic heterocycles. The lowest BCUT2D eigenvalue weighted by molar-refractivity contribution is -0.127. The van der Waals surface area contributed by atoms with Gasteiger partial charge < -0.3 is 10.1 Å². The molecule has 0 spiro atoms. The van der Waals surface area contributed by atoms with Gasteiger partial charge in [-0.25, -0.2) is 0 Å². The van der Waals surface area contributed by atoms with Gasteiger partial charge in [-0.2, -0.15) is 0 Å². The van der Waals surface area contributed by atoms with Crippen LogP contribution >= 0.6 is 11.6 Å². The quantitative estimate of drug-likeness (QED) is 0.629. The predicted octanol–water partition coefficient (Wildman–Crippen LogP) is 5.32. The number of carbonyl (C=O) groups excluding carboxylic acids is 1. The zero-order valence-corrected chi connectivity index (χ0v) is 16.1. The van der Waals surface area contributed by atoms with Crippen LogP contribution in [0.15, 0.2) is 78.9 Å². The van der Waals surface area contributed by atoms with Gasteiger partial charge in [0.25, 0.3) is 5.91 Å². The maximum atomic E-state index is 12.8. The van der Waals surface area contributed by atoms with E-state index in [1.165, 1.54) is 0 Å². The highest BCUT2D eigenvalue weighted by atomic mass is 35.5. The van der Waals surface area contributed by atoms with Crippen LogP contribution in [0.5, 0.6) is 5.75 Å². The molecule has 2 atom stereocenters. The van der Waals surface area contributed by atoms with Crippen LogP contribution in [0.4, 0.5) is 0 Å². The van der Waals surface area contributed by atoms with Crippen molar-refractivity contribution >= 4 is 17.5 Å². The fourth-order valence-corrected chi connectivity index (χ4v) is 3.05. The second kappa shape index (κ2) is 8.74. The van der Waals surface area contributed by atoms with Gasteiger partial charge in [-0.05, 0) is 54.8 Å². The molecule has 138 valence electrons. The molecular formula is C23H22ClNO2. The molecule has 0 unspecified atom stereocenters. The fraction of sp³-hybridized carbons (Fsp3) is 0.174. The van der Waals surface area contributed by atoms with Crippen molar-refractivity contribution < 1.29 is 9.53 Å². The van der Waals surface area contributed by atoms with Gasteiger partial charge in [0.15, 0.2) is 6.10 Å². The van der Waals surface area contributed by atoms with Crippen LogP contribution in [0.3, 0.4) is 0 Å². The van der Waals surface area contributed by atoms with E-state index < -0.39 is 6.10 Å². The van der Waals surface area contributed by atoms with Gasteiger partial charge in [0.1, 0.15) is 5.75 Å². The summed E-state index contributed by atoms with van der Waals surface area (Å²) in [6.45, 7) is 3.79. The van der Waals surface area contributed by atoms with Crippen molar-refractivity contribution in [2.45, 2.75) is 26.0 Å². The van der Waals surface area contributed by atoms with Gasteiger partial charge in [0.2, 0.25) is 0 Å². The Morgan fingerprint density at radius 2 is 1.56 bits per heavy atom. The van der Waals surface area contributed by atoms with Crippen LogP contribution in [0, 0.1) is 6.92 Å². The highest BCUT2D eigenvalue weighted by Gasteiger charge is 2.22. The van der Waals surface area contributed by atoms with Crippen molar-refractivity contribution in [1.29, 1.82) is 0 Å². The number of hydrogen-bond donors (Lipinski definition) is 1. The summed E-state index contributed by atoms with van der Waals surface area (Å²) in [5.74, 6) is 0.427. The number of ether oxygens (including phenoxy) is 1. The van der Waals surface area contributed by atoms with Crippen LogP contribution in [0.25, 0.3) is 0 Å². The summed E-state index contributed by atoms with van der Waals surface area (Å²) in [5.41, 5.74) is 3.22. The zero-order valence-electron chi connectivity index (χ0n) is 15.4. The van der Waals surface area contributed by atoms with Gasteiger partial charge in [-0.3, -0.25) is 4.79 Å². The van der Waals surface area contributed by atoms with Gasteiger partial charge in [-0.1, -0.05) is 66.2 Å². The molecule has 4 heteroatoms. The number of halogens is 1. The summed E-state index contributed by atoms with van der Waals surface area (Å²) >= 11 is 5.90. The summed E-state index contributed by atoms with van der Waals surface area (Å²) in [7, 11) is 0. The number of benzene rings is 3. The lowest BCUT2D eigenvalue weighted by Gasteiger charge is -2.24. The monoisotopic (exact) mass is 379 g/mol. The first-order valence-electron chi connectivity index (χ1n) is 8.87. The molecule has 3 aromatic carbocycles. The van der Waals surface area contributed by atoms with Gasteiger partial charge in [-0.15, -0.1) is 0 Å². The van der Waals surface area contributed by atoms with E-state index in [1.54, 1.807) is 31.2 Å². The Morgan fingerprint density at radius 3 is 2.22 bits per heavy atom. The molecule has 3 nitrogen and oxygen atoms in total. The lowest BCUT2D eigenvalue weighted by atomic mass is 9.95. The Balaban J connectivity index is 1.80. The van der Waals surface area contributed by atoms with E-state index in [2.05, 4.69) is 5.32 Å². The van der Waals surface area contributed by atoms with Crippen molar-refractivity contribution in [2.75, 3.05) is 0 Å². The summed E-state index contributed by atoms with van der Waals surface area (Å²) in [6, 6.07) is 24.7. The standard InChI is InChI=1S/C23H22ClNO2/c1-16-8-6-7-11-21(16)22(18-9-4-3-5-10-18)25-23(26)17(2)27-20-14-12-19(24)13-15-20/h3-15,17,22H,1-2H3,(H,25,26)/t17-,22+/m1/s1.